The maximum Gasteiger partial charge on any atom is 0.238 e. The van der Waals surface area contributed by atoms with Crippen LogP contribution in [0.15, 0.2) is 24.3 Å². The Morgan fingerprint density at radius 2 is 1.95 bits per heavy atom. The Labute approximate surface area is 118 Å². The summed E-state index contributed by atoms with van der Waals surface area (Å²) in [4.78, 5) is 13.8. The molecule has 0 radical (unpaired) electrons. The zero-order chi connectivity index (χ0) is 14.3. The van der Waals surface area contributed by atoms with Gasteiger partial charge < -0.3 is 4.90 Å². The van der Waals surface area contributed by atoms with E-state index in [1.165, 1.54) is 0 Å². The largest absolute Gasteiger partial charge is 0.318 e. The monoisotopic (exact) mass is 294 g/mol. The molecule has 3 rings (SSSR count). The van der Waals surface area contributed by atoms with Gasteiger partial charge in [0.15, 0.2) is 9.84 Å². The molecule has 2 atom stereocenters. The van der Waals surface area contributed by atoms with E-state index in [1.54, 1.807) is 4.90 Å². The highest BCUT2D eigenvalue weighted by atomic mass is 32.2. The van der Waals surface area contributed by atoms with Crippen molar-refractivity contribution in [1.29, 1.82) is 0 Å². The predicted molar refractivity (Wildman–Crippen MR) is 75.8 cm³/mol. The number of nitrogens with one attached hydrogen (secondary N) is 1. The van der Waals surface area contributed by atoms with Crippen LogP contribution in [0.3, 0.4) is 0 Å². The van der Waals surface area contributed by atoms with Crippen LogP contribution in [0.5, 0.6) is 0 Å². The first kappa shape index (κ1) is 13.6. The van der Waals surface area contributed by atoms with E-state index in [2.05, 4.69) is 5.32 Å². The molecule has 2 fully saturated rings. The topological polar surface area (TPSA) is 66.5 Å². The molecule has 0 spiro atoms. The number of rotatable bonds is 2. The summed E-state index contributed by atoms with van der Waals surface area (Å²) in [7, 11) is -2.99. The molecule has 1 amide bonds. The van der Waals surface area contributed by atoms with Gasteiger partial charge in [-0.3, -0.25) is 10.1 Å². The Kier molecular flexibility index (Phi) is 3.30. The summed E-state index contributed by atoms with van der Waals surface area (Å²) in [6.45, 7) is 2.29. The smallest absolute Gasteiger partial charge is 0.238 e. The van der Waals surface area contributed by atoms with Crippen molar-refractivity contribution < 1.29 is 13.2 Å². The molecule has 0 aromatic heterocycles. The minimum absolute atomic E-state index is 0.0160. The van der Waals surface area contributed by atoms with Crippen LogP contribution in [-0.4, -0.2) is 43.3 Å². The average Bonchev–Trinajstić information content (AvgIpc) is 2.93. The second-order valence-electron chi connectivity index (χ2n) is 5.55. The van der Waals surface area contributed by atoms with Crippen molar-refractivity contribution in [3.63, 3.8) is 0 Å². The number of carbonyl (C=O) groups excluding carboxylic acids is 1. The van der Waals surface area contributed by atoms with Crippen LogP contribution in [0.1, 0.15) is 23.7 Å². The molecule has 2 unspecified atom stereocenters. The van der Waals surface area contributed by atoms with Crippen LogP contribution in [0.25, 0.3) is 0 Å². The third kappa shape index (κ3) is 2.45. The van der Waals surface area contributed by atoms with Gasteiger partial charge in [0.2, 0.25) is 5.91 Å². The van der Waals surface area contributed by atoms with Crippen LogP contribution in [-0.2, 0) is 14.6 Å². The van der Waals surface area contributed by atoms with Gasteiger partial charge in [0, 0.05) is 6.04 Å². The van der Waals surface area contributed by atoms with Crippen molar-refractivity contribution in [3.8, 4) is 0 Å². The van der Waals surface area contributed by atoms with E-state index in [0.29, 0.717) is 6.42 Å². The van der Waals surface area contributed by atoms with Crippen molar-refractivity contribution >= 4 is 15.7 Å². The van der Waals surface area contributed by atoms with Crippen molar-refractivity contribution in [3.05, 3.63) is 35.4 Å². The fourth-order valence-corrected chi connectivity index (χ4v) is 4.67. The molecule has 5 nitrogen and oxygen atoms in total. The molecule has 0 saturated carbocycles. The summed E-state index contributed by atoms with van der Waals surface area (Å²) >= 11 is 0. The molecule has 2 saturated heterocycles. The van der Waals surface area contributed by atoms with Crippen LogP contribution < -0.4 is 5.32 Å². The minimum Gasteiger partial charge on any atom is -0.318 e. The lowest BCUT2D eigenvalue weighted by molar-refractivity contribution is -0.129. The van der Waals surface area contributed by atoms with E-state index in [9.17, 15) is 13.2 Å². The Morgan fingerprint density at radius 3 is 2.55 bits per heavy atom. The molecule has 2 aliphatic heterocycles. The van der Waals surface area contributed by atoms with Gasteiger partial charge in [-0.1, -0.05) is 29.8 Å². The molecule has 108 valence electrons. The third-order valence-electron chi connectivity index (χ3n) is 4.01. The van der Waals surface area contributed by atoms with E-state index < -0.39 is 9.84 Å². The molecule has 6 heteroatoms. The van der Waals surface area contributed by atoms with Crippen LogP contribution >= 0.6 is 0 Å². The Morgan fingerprint density at radius 1 is 1.25 bits per heavy atom. The van der Waals surface area contributed by atoms with E-state index in [-0.39, 0.29) is 36.2 Å². The maximum absolute atomic E-state index is 12.1. The highest BCUT2D eigenvalue weighted by Gasteiger charge is 2.41. The van der Waals surface area contributed by atoms with Gasteiger partial charge in [-0.05, 0) is 18.9 Å². The highest BCUT2D eigenvalue weighted by molar-refractivity contribution is 7.91. The predicted octanol–water partition coefficient (Wildman–Crippen LogP) is 0.613. The quantitative estimate of drug-likeness (QED) is 0.868. The molecular weight excluding hydrogens is 276 g/mol. The van der Waals surface area contributed by atoms with E-state index in [0.717, 1.165) is 11.1 Å². The van der Waals surface area contributed by atoms with Gasteiger partial charge in [-0.25, -0.2) is 8.42 Å². The molecule has 1 aromatic rings. The first-order valence-electron chi connectivity index (χ1n) is 6.78. The van der Waals surface area contributed by atoms with Crippen LogP contribution in [0.2, 0.25) is 0 Å². The SMILES string of the molecule is Cc1ccc(C2NCC(=O)N2C2CCS(=O)(=O)C2)cc1. The van der Waals surface area contributed by atoms with E-state index >= 15 is 0 Å². The first-order chi connectivity index (χ1) is 9.46. The van der Waals surface area contributed by atoms with Crippen molar-refractivity contribution in [2.45, 2.75) is 25.6 Å². The minimum atomic E-state index is -2.99. The lowest BCUT2D eigenvalue weighted by atomic mass is 10.1. The number of benzene rings is 1. The van der Waals surface area contributed by atoms with Gasteiger partial charge in [0.1, 0.15) is 6.17 Å². The van der Waals surface area contributed by atoms with Crippen molar-refractivity contribution in [2.24, 2.45) is 0 Å². The van der Waals surface area contributed by atoms with Gasteiger partial charge >= 0.3 is 0 Å². The molecule has 2 aliphatic rings. The lowest BCUT2D eigenvalue weighted by Gasteiger charge is -2.29. The van der Waals surface area contributed by atoms with E-state index in [4.69, 9.17) is 0 Å². The van der Waals surface area contributed by atoms with Gasteiger partial charge in [0.25, 0.3) is 0 Å². The number of hydrogen-bond acceptors (Lipinski definition) is 4. The number of hydrogen-bond donors (Lipinski definition) is 1. The van der Waals surface area contributed by atoms with Crippen LogP contribution in [0, 0.1) is 6.92 Å². The van der Waals surface area contributed by atoms with Gasteiger partial charge in [-0.15, -0.1) is 0 Å². The zero-order valence-electron chi connectivity index (χ0n) is 11.4. The molecule has 2 heterocycles. The molecular formula is C14H18N2O3S. The van der Waals surface area contributed by atoms with Gasteiger partial charge in [-0.2, -0.15) is 0 Å². The summed E-state index contributed by atoms with van der Waals surface area (Å²) in [5.74, 6) is 0.253. The number of carbonyl (C=O) groups is 1. The number of nitrogens with zero attached hydrogens (tertiary/aromatic N) is 1. The van der Waals surface area contributed by atoms with E-state index in [1.807, 2.05) is 31.2 Å². The molecule has 1 N–H and O–H groups in total. The fourth-order valence-electron chi connectivity index (χ4n) is 2.95. The number of sulfone groups is 1. The lowest BCUT2D eigenvalue weighted by Crippen LogP contribution is -2.40. The molecule has 20 heavy (non-hydrogen) atoms. The summed E-state index contributed by atoms with van der Waals surface area (Å²) in [5.41, 5.74) is 2.17. The van der Waals surface area contributed by atoms with Crippen molar-refractivity contribution in [1.82, 2.24) is 10.2 Å². The summed E-state index contributed by atoms with van der Waals surface area (Å²) in [6, 6.07) is 7.78. The standard InChI is InChI=1S/C14H18N2O3S/c1-10-2-4-11(5-3-10)14-15-8-13(17)16(14)12-6-7-20(18,19)9-12/h2-5,12,14-15H,6-9H2,1H3. The molecule has 1 aromatic carbocycles. The third-order valence-corrected chi connectivity index (χ3v) is 5.76. The zero-order valence-corrected chi connectivity index (χ0v) is 12.2. The van der Waals surface area contributed by atoms with Crippen molar-refractivity contribution in [2.75, 3.05) is 18.1 Å². The number of amides is 1. The highest BCUT2D eigenvalue weighted by Crippen LogP contribution is 2.29. The molecule has 0 aliphatic carbocycles. The average molecular weight is 294 g/mol. The normalized spacial score (nSPS) is 29.1. The Hall–Kier alpha value is -1.40. The maximum atomic E-state index is 12.1. The first-order valence-corrected chi connectivity index (χ1v) is 8.60. The second-order valence-corrected chi connectivity index (χ2v) is 7.78. The second kappa shape index (κ2) is 4.86. The summed E-state index contributed by atoms with van der Waals surface area (Å²) in [5, 5.41) is 3.18. The summed E-state index contributed by atoms with van der Waals surface area (Å²) in [6.07, 6.45) is 0.333. The van der Waals surface area contributed by atoms with Gasteiger partial charge in [0.05, 0.1) is 18.1 Å². The number of aryl methyl sites for hydroxylation is 1. The molecule has 0 bridgehead atoms. The fraction of sp³-hybridized carbons (Fsp3) is 0.500. The van der Waals surface area contributed by atoms with Crippen LogP contribution in [0.4, 0.5) is 0 Å². The Bertz CT molecular complexity index is 624. The Balaban J connectivity index is 1.87. The summed E-state index contributed by atoms with van der Waals surface area (Å²) < 4.78 is 23.3.